The Morgan fingerprint density at radius 2 is 2.00 bits per heavy atom. The molecule has 1 heterocycles. The lowest BCUT2D eigenvalue weighted by Crippen LogP contribution is -2.09. The lowest BCUT2D eigenvalue weighted by molar-refractivity contribution is -0.131. The standard InChI is InChI=1S/C18H13BrN2O3/c1-11(22)24-16-8-7-13(19)10-12(16)6-9-17-20-15-5-3-2-4-14(15)18(23)21-17/h2-10H,1H3,(H,20,21,23)/b9-6+. The molecule has 3 rings (SSSR count). The van der Waals surface area contributed by atoms with Crippen LogP contribution >= 0.6 is 15.9 Å². The first kappa shape index (κ1) is 16.1. The number of halogens is 1. The molecule has 0 amide bonds. The van der Waals surface area contributed by atoms with Gasteiger partial charge in [0.1, 0.15) is 11.6 Å². The fourth-order valence-corrected chi connectivity index (χ4v) is 2.63. The minimum Gasteiger partial charge on any atom is -0.426 e. The van der Waals surface area contributed by atoms with Gasteiger partial charge in [-0.15, -0.1) is 0 Å². The number of aromatic amines is 1. The number of H-pyrrole nitrogens is 1. The van der Waals surface area contributed by atoms with E-state index >= 15 is 0 Å². The number of esters is 1. The van der Waals surface area contributed by atoms with E-state index in [0.29, 0.717) is 28.0 Å². The summed E-state index contributed by atoms with van der Waals surface area (Å²) in [7, 11) is 0. The van der Waals surface area contributed by atoms with Crippen LogP contribution in [0.1, 0.15) is 18.3 Å². The van der Waals surface area contributed by atoms with Gasteiger partial charge in [-0.2, -0.15) is 0 Å². The van der Waals surface area contributed by atoms with Crippen LogP contribution in [0.2, 0.25) is 0 Å². The third-order valence-electron chi connectivity index (χ3n) is 3.28. The van der Waals surface area contributed by atoms with Crippen LogP contribution in [0, 0.1) is 0 Å². The largest absolute Gasteiger partial charge is 0.426 e. The molecule has 2 aromatic carbocycles. The zero-order valence-corrected chi connectivity index (χ0v) is 14.3. The second-order valence-corrected chi connectivity index (χ2v) is 5.99. The van der Waals surface area contributed by atoms with Crippen LogP contribution in [-0.4, -0.2) is 15.9 Å². The van der Waals surface area contributed by atoms with E-state index in [1.807, 2.05) is 12.1 Å². The van der Waals surface area contributed by atoms with Gasteiger partial charge in [0.25, 0.3) is 5.56 Å². The van der Waals surface area contributed by atoms with Crippen LogP contribution in [0.3, 0.4) is 0 Å². The van der Waals surface area contributed by atoms with E-state index < -0.39 is 5.97 Å². The first-order valence-corrected chi connectivity index (χ1v) is 7.97. The molecule has 0 radical (unpaired) electrons. The molecule has 6 heteroatoms. The van der Waals surface area contributed by atoms with Gasteiger partial charge in [0.2, 0.25) is 0 Å². The molecular weight excluding hydrogens is 372 g/mol. The number of nitrogens with one attached hydrogen (secondary N) is 1. The number of carbonyl (C=O) groups is 1. The number of hydrogen-bond acceptors (Lipinski definition) is 4. The number of benzene rings is 2. The summed E-state index contributed by atoms with van der Waals surface area (Å²) >= 11 is 3.39. The molecule has 5 nitrogen and oxygen atoms in total. The van der Waals surface area contributed by atoms with E-state index in [2.05, 4.69) is 25.9 Å². The SMILES string of the molecule is CC(=O)Oc1ccc(Br)cc1/C=C/c1nc2ccccc2c(=O)[nH]1. The zero-order valence-electron chi connectivity index (χ0n) is 12.7. The van der Waals surface area contributed by atoms with Crippen LogP contribution < -0.4 is 10.3 Å². The van der Waals surface area contributed by atoms with E-state index in [4.69, 9.17) is 4.74 Å². The lowest BCUT2D eigenvalue weighted by Gasteiger charge is -2.06. The van der Waals surface area contributed by atoms with Crippen LogP contribution in [-0.2, 0) is 4.79 Å². The van der Waals surface area contributed by atoms with Crippen LogP contribution in [0.5, 0.6) is 5.75 Å². The Morgan fingerprint density at radius 1 is 1.21 bits per heavy atom. The summed E-state index contributed by atoms with van der Waals surface area (Å²) in [4.78, 5) is 30.4. The van der Waals surface area contributed by atoms with Crippen molar-refractivity contribution in [3.05, 3.63) is 68.7 Å². The fraction of sp³-hybridized carbons (Fsp3) is 0.0556. The van der Waals surface area contributed by atoms with E-state index in [9.17, 15) is 9.59 Å². The first-order valence-electron chi connectivity index (χ1n) is 7.18. The minimum absolute atomic E-state index is 0.199. The zero-order chi connectivity index (χ0) is 17.1. The van der Waals surface area contributed by atoms with Gasteiger partial charge in [0.05, 0.1) is 10.9 Å². The smallest absolute Gasteiger partial charge is 0.308 e. The van der Waals surface area contributed by atoms with E-state index in [1.165, 1.54) is 6.92 Å². The monoisotopic (exact) mass is 384 g/mol. The molecule has 0 saturated carbocycles. The highest BCUT2D eigenvalue weighted by Gasteiger charge is 2.05. The number of aromatic nitrogens is 2. The quantitative estimate of drug-likeness (QED) is 0.550. The van der Waals surface area contributed by atoms with E-state index in [0.717, 1.165) is 4.47 Å². The molecule has 0 aliphatic carbocycles. The summed E-state index contributed by atoms with van der Waals surface area (Å²) in [5.74, 6) is 0.460. The summed E-state index contributed by atoms with van der Waals surface area (Å²) in [6.45, 7) is 1.35. The normalized spacial score (nSPS) is 11.1. The highest BCUT2D eigenvalue weighted by molar-refractivity contribution is 9.10. The van der Waals surface area contributed by atoms with Crippen molar-refractivity contribution in [3.63, 3.8) is 0 Å². The highest BCUT2D eigenvalue weighted by atomic mass is 79.9. The number of hydrogen-bond donors (Lipinski definition) is 1. The molecule has 24 heavy (non-hydrogen) atoms. The summed E-state index contributed by atoms with van der Waals surface area (Å²) in [5.41, 5.74) is 1.11. The number of rotatable bonds is 3. The molecular formula is C18H13BrN2O3. The molecule has 0 saturated heterocycles. The molecule has 0 aliphatic rings. The maximum Gasteiger partial charge on any atom is 0.308 e. The van der Waals surface area contributed by atoms with Gasteiger partial charge in [-0.3, -0.25) is 9.59 Å². The Kier molecular flexibility index (Phi) is 4.57. The molecule has 0 fully saturated rings. The summed E-state index contributed by atoms with van der Waals surface area (Å²) in [6, 6.07) is 12.4. The van der Waals surface area contributed by atoms with Gasteiger partial charge in [0, 0.05) is 17.0 Å². The fourth-order valence-electron chi connectivity index (χ4n) is 2.25. The highest BCUT2D eigenvalue weighted by Crippen LogP contribution is 2.25. The van der Waals surface area contributed by atoms with E-state index in [1.54, 1.807) is 42.5 Å². The minimum atomic E-state index is -0.399. The Bertz CT molecular complexity index is 1010. The average molecular weight is 385 g/mol. The van der Waals surface area contributed by atoms with Crippen molar-refractivity contribution < 1.29 is 9.53 Å². The number of fused-ring (bicyclic) bond motifs is 1. The van der Waals surface area contributed by atoms with Gasteiger partial charge in [-0.25, -0.2) is 4.98 Å². The van der Waals surface area contributed by atoms with Crippen molar-refractivity contribution in [1.82, 2.24) is 9.97 Å². The number of nitrogens with zero attached hydrogens (tertiary/aromatic N) is 1. The maximum atomic E-state index is 12.1. The number of para-hydroxylation sites is 1. The van der Waals surface area contributed by atoms with Crippen molar-refractivity contribution in [2.24, 2.45) is 0 Å². The Labute approximate surface area is 146 Å². The molecule has 0 spiro atoms. The third kappa shape index (κ3) is 3.60. The van der Waals surface area contributed by atoms with Crippen LogP contribution in [0.15, 0.2) is 51.7 Å². The topological polar surface area (TPSA) is 72.0 Å². The molecule has 3 aromatic rings. The van der Waals surface area contributed by atoms with Crippen molar-refractivity contribution in [1.29, 1.82) is 0 Å². The predicted molar refractivity (Wildman–Crippen MR) is 96.7 cm³/mol. The van der Waals surface area contributed by atoms with Gasteiger partial charge >= 0.3 is 5.97 Å². The third-order valence-corrected chi connectivity index (χ3v) is 3.77. The lowest BCUT2D eigenvalue weighted by atomic mass is 10.2. The molecule has 0 atom stereocenters. The summed E-state index contributed by atoms with van der Waals surface area (Å²) in [6.07, 6.45) is 3.40. The predicted octanol–water partition coefficient (Wildman–Crippen LogP) is 3.78. The van der Waals surface area contributed by atoms with Crippen LogP contribution in [0.4, 0.5) is 0 Å². The van der Waals surface area contributed by atoms with Gasteiger partial charge in [-0.1, -0.05) is 28.1 Å². The average Bonchev–Trinajstić information content (AvgIpc) is 2.55. The Hall–Kier alpha value is -2.73. The molecule has 120 valence electrons. The Balaban J connectivity index is 2.01. The second kappa shape index (κ2) is 6.80. The molecule has 1 aromatic heterocycles. The van der Waals surface area contributed by atoms with Gasteiger partial charge < -0.3 is 9.72 Å². The van der Waals surface area contributed by atoms with Crippen molar-refractivity contribution in [2.45, 2.75) is 6.92 Å². The molecule has 0 aliphatic heterocycles. The molecule has 0 bridgehead atoms. The first-order chi connectivity index (χ1) is 11.5. The Morgan fingerprint density at radius 3 is 2.79 bits per heavy atom. The van der Waals surface area contributed by atoms with Gasteiger partial charge in [0.15, 0.2) is 0 Å². The summed E-state index contributed by atoms with van der Waals surface area (Å²) in [5, 5.41) is 0.540. The molecule has 1 N–H and O–H groups in total. The van der Waals surface area contributed by atoms with Crippen molar-refractivity contribution in [2.75, 3.05) is 0 Å². The number of ether oxygens (including phenoxy) is 1. The number of carbonyl (C=O) groups excluding carboxylic acids is 1. The van der Waals surface area contributed by atoms with Crippen molar-refractivity contribution in [3.8, 4) is 5.75 Å². The second-order valence-electron chi connectivity index (χ2n) is 5.08. The van der Waals surface area contributed by atoms with Gasteiger partial charge in [-0.05, 0) is 42.5 Å². The maximum absolute atomic E-state index is 12.1. The summed E-state index contributed by atoms with van der Waals surface area (Å²) < 4.78 is 6.02. The van der Waals surface area contributed by atoms with Crippen molar-refractivity contribution >= 4 is 45.0 Å². The van der Waals surface area contributed by atoms with Crippen LogP contribution in [0.25, 0.3) is 23.1 Å². The molecule has 0 unspecified atom stereocenters. The van der Waals surface area contributed by atoms with E-state index in [-0.39, 0.29) is 5.56 Å².